The molecule has 1 heterocycles. The van der Waals surface area contributed by atoms with Crippen LogP contribution in [-0.4, -0.2) is 18.4 Å². The average molecular weight is 277 g/mol. The van der Waals surface area contributed by atoms with E-state index in [9.17, 15) is 0 Å². The zero-order chi connectivity index (χ0) is 13.9. The summed E-state index contributed by atoms with van der Waals surface area (Å²) in [7, 11) is -1.08. The lowest BCUT2D eigenvalue weighted by Gasteiger charge is -2.17. The Morgan fingerprint density at radius 1 is 0.800 bits per heavy atom. The van der Waals surface area contributed by atoms with E-state index in [-0.39, 0.29) is 0 Å². The number of aromatic nitrogens is 2. The van der Waals surface area contributed by atoms with E-state index in [4.69, 9.17) is 5.10 Å². The molecule has 1 aromatic heterocycles. The Hall–Kier alpha value is -2.13. The molecule has 3 aromatic rings. The molecule has 2 aromatic carbocycles. The summed E-state index contributed by atoms with van der Waals surface area (Å²) in [6, 6.07) is 23.5. The summed E-state index contributed by atoms with van der Waals surface area (Å²) in [5, 5.41) is 7.44. The van der Waals surface area contributed by atoms with Crippen molar-refractivity contribution in [2.75, 3.05) is 0 Å². The van der Waals surface area contributed by atoms with E-state index in [1.54, 1.807) is 0 Å². The minimum absolute atomic E-state index is 1.08. The molecule has 2 nitrogen and oxygen atoms in total. The molecule has 0 atom stereocenters. The van der Waals surface area contributed by atoms with Gasteiger partial charge in [0.1, 0.15) is 0 Å². The van der Waals surface area contributed by atoms with E-state index in [0.717, 1.165) is 5.69 Å². The lowest BCUT2D eigenvalue weighted by atomic mass is 10.4. The molecule has 0 unspecified atom stereocenters. The van der Waals surface area contributed by atoms with Crippen LogP contribution in [0, 0.1) is 13.8 Å². The highest BCUT2D eigenvalue weighted by molar-refractivity contribution is 6.83. The second-order valence-corrected chi connectivity index (χ2v) is 7.20. The van der Waals surface area contributed by atoms with Crippen molar-refractivity contribution < 1.29 is 0 Å². The molecule has 0 N–H and O–H groups in total. The lowest BCUT2D eigenvalue weighted by Crippen LogP contribution is -2.49. The van der Waals surface area contributed by atoms with Crippen LogP contribution < -0.4 is 10.4 Å². The number of aryl methyl sites for hydroxylation is 2. The van der Waals surface area contributed by atoms with Crippen LogP contribution >= 0.6 is 0 Å². The van der Waals surface area contributed by atoms with Crippen LogP contribution in [-0.2, 0) is 0 Å². The minimum Gasteiger partial charge on any atom is -0.288 e. The predicted molar refractivity (Wildman–Crippen MR) is 85.0 cm³/mol. The van der Waals surface area contributed by atoms with Gasteiger partial charge in [-0.25, -0.2) is 0 Å². The van der Waals surface area contributed by atoms with Gasteiger partial charge in [0.25, 0.3) is 8.96 Å². The van der Waals surface area contributed by atoms with Crippen LogP contribution in [0.25, 0.3) is 0 Å². The molecular formula is C17H17N2Si. The summed E-state index contributed by atoms with van der Waals surface area (Å²) in [5.41, 5.74) is 2.31. The predicted octanol–water partition coefficient (Wildman–Crippen LogP) is 2.15. The SMILES string of the molecule is Cc1cc(C)n([Si](c2ccccc2)c2ccccc2)n1. The van der Waals surface area contributed by atoms with Gasteiger partial charge in [-0.15, -0.1) is 0 Å². The first-order valence-corrected chi connectivity index (χ1v) is 8.22. The van der Waals surface area contributed by atoms with Crippen molar-refractivity contribution in [2.24, 2.45) is 0 Å². The van der Waals surface area contributed by atoms with Crippen LogP contribution in [0.5, 0.6) is 0 Å². The Kier molecular flexibility index (Phi) is 3.52. The third kappa shape index (κ3) is 2.45. The molecule has 0 bridgehead atoms. The molecule has 0 saturated carbocycles. The molecule has 0 aliphatic rings. The first kappa shape index (κ1) is 12.9. The van der Waals surface area contributed by atoms with E-state index >= 15 is 0 Å². The van der Waals surface area contributed by atoms with E-state index < -0.39 is 8.96 Å². The van der Waals surface area contributed by atoms with Crippen molar-refractivity contribution in [1.82, 2.24) is 9.45 Å². The summed E-state index contributed by atoms with van der Waals surface area (Å²) in [6.45, 7) is 4.19. The minimum atomic E-state index is -1.08. The number of nitrogens with zero attached hydrogens (tertiary/aromatic N) is 2. The first-order valence-electron chi connectivity index (χ1n) is 6.77. The number of benzene rings is 2. The van der Waals surface area contributed by atoms with Gasteiger partial charge in [-0.2, -0.15) is 5.10 Å². The fourth-order valence-corrected chi connectivity index (χ4v) is 4.97. The van der Waals surface area contributed by atoms with Gasteiger partial charge < -0.3 is 0 Å². The van der Waals surface area contributed by atoms with Crippen LogP contribution in [0.15, 0.2) is 66.7 Å². The van der Waals surface area contributed by atoms with Gasteiger partial charge in [-0.3, -0.25) is 4.35 Å². The quantitative estimate of drug-likeness (QED) is 0.671. The summed E-state index contributed by atoms with van der Waals surface area (Å²) >= 11 is 0. The summed E-state index contributed by atoms with van der Waals surface area (Å²) in [5.74, 6) is 0. The van der Waals surface area contributed by atoms with Crippen molar-refractivity contribution in [2.45, 2.75) is 13.8 Å². The monoisotopic (exact) mass is 277 g/mol. The van der Waals surface area contributed by atoms with Crippen molar-refractivity contribution >= 4 is 19.3 Å². The van der Waals surface area contributed by atoms with Crippen molar-refractivity contribution in [1.29, 1.82) is 0 Å². The highest BCUT2D eigenvalue weighted by Crippen LogP contribution is 2.04. The molecule has 0 aliphatic heterocycles. The largest absolute Gasteiger partial charge is 0.288 e. The van der Waals surface area contributed by atoms with Gasteiger partial charge in [0, 0.05) is 5.69 Å². The lowest BCUT2D eigenvalue weighted by molar-refractivity contribution is 0.911. The zero-order valence-corrected chi connectivity index (χ0v) is 12.7. The molecule has 0 saturated heterocycles. The van der Waals surface area contributed by atoms with Crippen LogP contribution in [0.1, 0.15) is 11.4 Å². The molecule has 3 rings (SSSR count). The molecule has 20 heavy (non-hydrogen) atoms. The summed E-state index contributed by atoms with van der Waals surface area (Å²) in [4.78, 5) is 0. The Balaban J connectivity index is 2.16. The van der Waals surface area contributed by atoms with E-state index in [1.165, 1.54) is 16.1 Å². The molecule has 99 valence electrons. The maximum atomic E-state index is 4.73. The van der Waals surface area contributed by atoms with Crippen LogP contribution in [0.4, 0.5) is 0 Å². The van der Waals surface area contributed by atoms with Gasteiger partial charge in [-0.1, -0.05) is 60.7 Å². The van der Waals surface area contributed by atoms with Crippen LogP contribution in [0.3, 0.4) is 0 Å². The normalized spacial score (nSPS) is 10.9. The summed E-state index contributed by atoms with van der Waals surface area (Å²) in [6.07, 6.45) is 0. The number of hydrogen-bond donors (Lipinski definition) is 0. The number of hydrogen-bond acceptors (Lipinski definition) is 1. The summed E-state index contributed by atoms with van der Waals surface area (Å²) < 4.78 is 2.21. The van der Waals surface area contributed by atoms with Crippen molar-refractivity contribution in [3.63, 3.8) is 0 Å². The first-order chi connectivity index (χ1) is 9.75. The van der Waals surface area contributed by atoms with E-state index in [0.29, 0.717) is 0 Å². The average Bonchev–Trinajstić information content (AvgIpc) is 2.80. The molecule has 0 fully saturated rings. The van der Waals surface area contributed by atoms with Gasteiger partial charge >= 0.3 is 0 Å². The van der Waals surface area contributed by atoms with Gasteiger partial charge in [-0.05, 0) is 30.3 Å². The molecule has 3 heteroatoms. The highest BCUT2D eigenvalue weighted by atomic mass is 28.3. The number of rotatable bonds is 3. The maximum Gasteiger partial charge on any atom is 0.269 e. The fourth-order valence-electron chi connectivity index (χ4n) is 2.46. The topological polar surface area (TPSA) is 17.8 Å². The smallest absolute Gasteiger partial charge is 0.269 e. The Labute approximate surface area is 121 Å². The molecule has 0 amide bonds. The molecule has 0 spiro atoms. The second kappa shape index (κ2) is 5.47. The molecular weight excluding hydrogens is 260 g/mol. The third-order valence-electron chi connectivity index (χ3n) is 3.32. The zero-order valence-electron chi connectivity index (χ0n) is 11.7. The second-order valence-electron chi connectivity index (χ2n) is 4.92. The van der Waals surface area contributed by atoms with Crippen molar-refractivity contribution in [3.05, 3.63) is 78.1 Å². The van der Waals surface area contributed by atoms with Gasteiger partial charge in [0.2, 0.25) is 0 Å². The van der Waals surface area contributed by atoms with E-state index in [2.05, 4.69) is 84.9 Å². The van der Waals surface area contributed by atoms with Crippen molar-refractivity contribution in [3.8, 4) is 0 Å². The Bertz CT molecular complexity index is 650. The fraction of sp³-hybridized carbons (Fsp3) is 0.118. The maximum absolute atomic E-state index is 4.73. The Morgan fingerprint density at radius 2 is 1.30 bits per heavy atom. The standard InChI is InChI=1S/C17H17N2Si/c1-14-13-15(2)19(18-14)20(16-9-5-3-6-10-16)17-11-7-4-8-12-17/h3-13H,1-2H3. The molecule has 1 radical (unpaired) electrons. The highest BCUT2D eigenvalue weighted by Gasteiger charge is 2.22. The van der Waals surface area contributed by atoms with Gasteiger partial charge in [0.15, 0.2) is 0 Å². The van der Waals surface area contributed by atoms with Crippen LogP contribution in [0.2, 0.25) is 0 Å². The van der Waals surface area contributed by atoms with E-state index in [1.807, 2.05) is 0 Å². The Morgan fingerprint density at radius 3 is 1.70 bits per heavy atom. The molecule has 0 aliphatic carbocycles. The van der Waals surface area contributed by atoms with Gasteiger partial charge in [0.05, 0.1) is 5.69 Å². The third-order valence-corrected chi connectivity index (χ3v) is 5.95.